The molecule has 0 atom stereocenters. The minimum atomic E-state index is -0.579. The van der Waals surface area contributed by atoms with E-state index < -0.39 is 5.41 Å². The van der Waals surface area contributed by atoms with Crippen LogP contribution in [0, 0.1) is 0 Å². The largest absolute Gasteiger partial charge is 0.309 e. The quantitative estimate of drug-likeness (QED) is 0.131. The molecule has 1 nitrogen and oxygen atoms in total. The summed E-state index contributed by atoms with van der Waals surface area (Å²) in [6.07, 6.45) is 0. The summed E-state index contributed by atoms with van der Waals surface area (Å²) >= 11 is 0. The zero-order valence-corrected chi connectivity index (χ0v) is 38.6. The van der Waals surface area contributed by atoms with Crippen LogP contribution in [-0.4, -0.2) is 0 Å². The molecule has 13 rings (SSSR count). The molecular weight excluding hydrogens is 843 g/mol. The molecule has 12 aromatic carbocycles. The van der Waals surface area contributed by atoms with E-state index in [0.717, 1.165) is 39.3 Å². The van der Waals surface area contributed by atoms with E-state index in [4.69, 9.17) is 0 Å². The van der Waals surface area contributed by atoms with Crippen LogP contribution in [0.1, 0.15) is 22.3 Å². The van der Waals surface area contributed by atoms with Gasteiger partial charge in [0, 0.05) is 22.4 Å². The fraction of sp³-hybridized carbons (Fsp3) is 0.0145. The highest BCUT2D eigenvalue weighted by molar-refractivity contribution is 6.22. The van der Waals surface area contributed by atoms with E-state index in [1.165, 1.54) is 77.2 Å². The van der Waals surface area contributed by atoms with E-state index in [9.17, 15) is 0 Å². The maximum absolute atomic E-state index is 2.60. The average molecular weight is 890 g/mol. The van der Waals surface area contributed by atoms with Crippen molar-refractivity contribution < 1.29 is 0 Å². The van der Waals surface area contributed by atoms with Gasteiger partial charge in [-0.25, -0.2) is 0 Å². The zero-order valence-electron chi connectivity index (χ0n) is 38.6. The standard InChI is InChI=1S/C69H47N/c1-7-25-48(26-8-1)55-40-23-41-56(49-27-9-2-10-28-49)68(55)70(64-44-24-43-63-67(64)60-39-21-22-42-62(60)69(63,52-33-15-5-16-34-52)53-35-17-6-18-36-53)54-45-46-58-57-37-19-20-38-59(57)65(50-29-11-3-12-30-50)66(61(58)47-54)51-31-13-4-14-32-51/h1-47H. The van der Waals surface area contributed by atoms with Crippen LogP contribution in [0.2, 0.25) is 0 Å². The molecule has 328 valence electrons. The highest BCUT2D eigenvalue weighted by atomic mass is 15.2. The second kappa shape index (κ2) is 17.2. The van der Waals surface area contributed by atoms with Crippen LogP contribution in [0.25, 0.3) is 77.2 Å². The Morgan fingerprint density at radius 2 is 0.671 bits per heavy atom. The summed E-state index contributed by atoms with van der Waals surface area (Å²) in [5.41, 5.74) is 19.6. The lowest BCUT2D eigenvalue weighted by atomic mass is 9.68. The topological polar surface area (TPSA) is 3.24 Å². The molecule has 0 spiro atoms. The van der Waals surface area contributed by atoms with Crippen molar-refractivity contribution in [1.82, 2.24) is 0 Å². The van der Waals surface area contributed by atoms with E-state index >= 15 is 0 Å². The zero-order chi connectivity index (χ0) is 46.4. The Bertz CT molecular complexity index is 3750. The van der Waals surface area contributed by atoms with Crippen molar-refractivity contribution in [2.45, 2.75) is 5.41 Å². The van der Waals surface area contributed by atoms with Crippen molar-refractivity contribution >= 4 is 38.6 Å². The summed E-state index contributed by atoms with van der Waals surface area (Å²) in [5.74, 6) is 0. The van der Waals surface area contributed by atoms with Crippen LogP contribution in [0.3, 0.4) is 0 Å². The van der Waals surface area contributed by atoms with E-state index in [-0.39, 0.29) is 0 Å². The first-order valence-electron chi connectivity index (χ1n) is 24.3. The predicted molar refractivity (Wildman–Crippen MR) is 295 cm³/mol. The number of fused-ring (bicyclic) bond motifs is 6. The molecule has 0 fully saturated rings. The Hall–Kier alpha value is -9.04. The molecule has 12 aromatic rings. The lowest BCUT2D eigenvalue weighted by molar-refractivity contribution is 0.768. The SMILES string of the molecule is c1ccc(-c2cccc(-c3ccccc3)c2N(c2ccc3c(c2)c(-c2ccccc2)c(-c2ccccc2)c2ccccc23)c2cccc3c2-c2ccccc2C3(c2ccccc2)c2ccccc2)cc1. The molecule has 0 amide bonds. The third-order valence-corrected chi connectivity index (χ3v) is 14.5. The first kappa shape index (κ1) is 41.2. The minimum absolute atomic E-state index is 0.579. The third kappa shape index (κ3) is 6.55. The van der Waals surface area contributed by atoms with Gasteiger partial charge in [0.15, 0.2) is 0 Å². The van der Waals surface area contributed by atoms with Crippen molar-refractivity contribution in [2.75, 3.05) is 4.90 Å². The van der Waals surface area contributed by atoms with Crippen LogP contribution in [0.15, 0.2) is 285 Å². The second-order valence-electron chi connectivity index (χ2n) is 18.3. The number of nitrogens with zero attached hydrogens (tertiary/aromatic N) is 1. The molecule has 0 unspecified atom stereocenters. The summed E-state index contributed by atoms with van der Waals surface area (Å²) < 4.78 is 0. The molecular formula is C69H47N. The molecule has 0 radical (unpaired) electrons. The number of para-hydroxylation sites is 1. The normalized spacial score (nSPS) is 12.4. The van der Waals surface area contributed by atoms with E-state index in [2.05, 4.69) is 290 Å². The fourth-order valence-corrected chi connectivity index (χ4v) is 11.7. The number of rotatable bonds is 9. The number of hydrogen-bond donors (Lipinski definition) is 0. The molecule has 0 aliphatic heterocycles. The summed E-state index contributed by atoms with van der Waals surface area (Å²) in [6.45, 7) is 0. The molecule has 1 aliphatic carbocycles. The van der Waals surface area contributed by atoms with Gasteiger partial charge in [0.2, 0.25) is 0 Å². The monoisotopic (exact) mass is 889 g/mol. The van der Waals surface area contributed by atoms with Crippen LogP contribution in [0.5, 0.6) is 0 Å². The minimum Gasteiger partial charge on any atom is -0.309 e. The first-order valence-corrected chi connectivity index (χ1v) is 24.3. The smallest absolute Gasteiger partial charge is 0.0714 e. The maximum atomic E-state index is 2.60. The van der Waals surface area contributed by atoms with Crippen LogP contribution in [0.4, 0.5) is 17.1 Å². The highest BCUT2D eigenvalue weighted by Crippen LogP contribution is 2.61. The number of hydrogen-bond acceptors (Lipinski definition) is 1. The summed E-state index contributed by atoms with van der Waals surface area (Å²) in [6, 6.07) is 105. The van der Waals surface area contributed by atoms with Gasteiger partial charge < -0.3 is 4.90 Å². The summed E-state index contributed by atoms with van der Waals surface area (Å²) in [7, 11) is 0. The van der Waals surface area contributed by atoms with Gasteiger partial charge in [-0.05, 0) is 101 Å². The van der Waals surface area contributed by atoms with Gasteiger partial charge in [-0.3, -0.25) is 0 Å². The number of anilines is 3. The highest BCUT2D eigenvalue weighted by Gasteiger charge is 2.47. The average Bonchev–Trinajstić information content (AvgIpc) is 3.76. The van der Waals surface area contributed by atoms with E-state index in [1.54, 1.807) is 0 Å². The lowest BCUT2D eigenvalue weighted by Gasteiger charge is -2.35. The van der Waals surface area contributed by atoms with Gasteiger partial charge in [0.05, 0.1) is 16.8 Å². The van der Waals surface area contributed by atoms with Crippen molar-refractivity contribution in [3.8, 4) is 55.6 Å². The van der Waals surface area contributed by atoms with Gasteiger partial charge in [-0.2, -0.15) is 0 Å². The van der Waals surface area contributed by atoms with Gasteiger partial charge in [0.25, 0.3) is 0 Å². The second-order valence-corrected chi connectivity index (χ2v) is 18.3. The van der Waals surface area contributed by atoms with E-state index in [0.29, 0.717) is 0 Å². The van der Waals surface area contributed by atoms with Crippen molar-refractivity contribution in [3.63, 3.8) is 0 Å². The maximum Gasteiger partial charge on any atom is 0.0714 e. The Labute approximate surface area is 409 Å². The Balaban J connectivity index is 1.20. The van der Waals surface area contributed by atoms with Crippen LogP contribution in [-0.2, 0) is 5.41 Å². The molecule has 1 heteroatoms. The molecule has 0 saturated carbocycles. The molecule has 0 heterocycles. The number of benzene rings is 12. The lowest BCUT2D eigenvalue weighted by Crippen LogP contribution is -2.28. The van der Waals surface area contributed by atoms with Gasteiger partial charge >= 0.3 is 0 Å². The van der Waals surface area contributed by atoms with Gasteiger partial charge in [-0.1, -0.05) is 267 Å². The first-order chi connectivity index (χ1) is 34.8. The third-order valence-electron chi connectivity index (χ3n) is 14.5. The van der Waals surface area contributed by atoms with Gasteiger partial charge in [-0.15, -0.1) is 0 Å². The Morgan fingerprint density at radius 1 is 0.257 bits per heavy atom. The molecule has 0 N–H and O–H groups in total. The molecule has 0 bridgehead atoms. The fourth-order valence-electron chi connectivity index (χ4n) is 11.7. The molecule has 0 aromatic heterocycles. The molecule has 70 heavy (non-hydrogen) atoms. The van der Waals surface area contributed by atoms with Gasteiger partial charge in [0.1, 0.15) is 0 Å². The Kier molecular flexibility index (Phi) is 10.1. The Morgan fingerprint density at radius 3 is 1.24 bits per heavy atom. The summed E-state index contributed by atoms with van der Waals surface area (Å²) in [4.78, 5) is 2.60. The van der Waals surface area contributed by atoms with Crippen molar-refractivity contribution in [2.24, 2.45) is 0 Å². The molecule has 0 saturated heterocycles. The predicted octanol–water partition coefficient (Wildman–Crippen LogP) is 18.5. The van der Waals surface area contributed by atoms with Crippen molar-refractivity contribution in [1.29, 1.82) is 0 Å². The summed E-state index contributed by atoms with van der Waals surface area (Å²) in [5, 5.41) is 4.88. The molecule has 1 aliphatic rings. The van der Waals surface area contributed by atoms with Crippen LogP contribution < -0.4 is 4.90 Å². The van der Waals surface area contributed by atoms with Crippen molar-refractivity contribution in [3.05, 3.63) is 307 Å². The van der Waals surface area contributed by atoms with Crippen LogP contribution >= 0.6 is 0 Å². The van der Waals surface area contributed by atoms with E-state index in [1.807, 2.05) is 0 Å².